The standard InChI is InChI=1S/C25H29N3O3/c1-25(2,30)17-27-11-8-19(9-12-27)22-14-21-10-13-28(23(21)26-15-22)16-18-4-6-20(7-5-18)24(29)31-3/h4-8,10,13-15,30H,9,11-12,16-17H2,1-3H3. The second-order valence-electron chi connectivity index (χ2n) is 8.80. The molecule has 0 saturated carbocycles. The topological polar surface area (TPSA) is 67.6 Å². The number of pyridine rings is 1. The summed E-state index contributed by atoms with van der Waals surface area (Å²) in [5.41, 5.74) is 4.39. The van der Waals surface area contributed by atoms with Crippen LogP contribution in [0.2, 0.25) is 0 Å². The van der Waals surface area contributed by atoms with E-state index in [0.717, 1.165) is 41.7 Å². The minimum Gasteiger partial charge on any atom is -0.465 e. The fourth-order valence-electron chi connectivity index (χ4n) is 4.11. The Hall–Kier alpha value is -2.96. The van der Waals surface area contributed by atoms with Crippen LogP contribution >= 0.6 is 0 Å². The van der Waals surface area contributed by atoms with E-state index < -0.39 is 5.60 Å². The minimum atomic E-state index is -0.672. The number of methoxy groups -OCH3 is 1. The van der Waals surface area contributed by atoms with Gasteiger partial charge in [0, 0.05) is 44.0 Å². The van der Waals surface area contributed by atoms with Crippen LogP contribution in [-0.2, 0) is 11.3 Å². The van der Waals surface area contributed by atoms with Crippen LogP contribution in [0.5, 0.6) is 0 Å². The Morgan fingerprint density at radius 1 is 1.23 bits per heavy atom. The zero-order valence-corrected chi connectivity index (χ0v) is 18.3. The number of hydrogen-bond donors (Lipinski definition) is 1. The highest BCUT2D eigenvalue weighted by atomic mass is 16.5. The van der Waals surface area contributed by atoms with E-state index in [2.05, 4.69) is 33.9 Å². The maximum Gasteiger partial charge on any atom is 0.337 e. The third kappa shape index (κ3) is 5.03. The van der Waals surface area contributed by atoms with Crippen molar-refractivity contribution in [3.8, 4) is 0 Å². The molecule has 3 aromatic rings. The molecule has 3 heterocycles. The van der Waals surface area contributed by atoms with E-state index in [1.165, 1.54) is 12.7 Å². The van der Waals surface area contributed by atoms with Crippen molar-refractivity contribution in [2.75, 3.05) is 26.7 Å². The lowest BCUT2D eigenvalue weighted by molar-refractivity contribution is 0.0397. The highest BCUT2D eigenvalue weighted by molar-refractivity contribution is 5.89. The smallest absolute Gasteiger partial charge is 0.337 e. The van der Waals surface area contributed by atoms with E-state index in [1.54, 1.807) is 12.1 Å². The van der Waals surface area contributed by atoms with Gasteiger partial charge in [0.05, 0.1) is 18.3 Å². The van der Waals surface area contributed by atoms with Crippen LogP contribution in [0.1, 0.15) is 41.8 Å². The Labute approximate surface area is 182 Å². The van der Waals surface area contributed by atoms with Crippen molar-refractivity contribution in [1.82, 2.24) is 14.5 Å². The number of aromatic nitrogens is 2. The van der Waals surface area contributed by atoms with Gasteiger partial charge in [-0.3, -0.25) is 4.90 Å². The van der Waals surface area contributed by atoms with E-state index in [4.69, 9.17) is 9.72 Å². The summed E-state index contributed by atoms with van der Waals surface area (Å²) < 4.78 is 6.87. The monoisotopic (exact) mass is 419 g/mol. The molecule has 6 heteroatoms. The van der Waals surface area contributed by atoms with Gasteiger partial charge in [0.15, 0.2) is 0 Å². The fourth-order valence-corrected chi connectivity index (χ4v) is 4.11. The van der Waals surface area contributed by atoms with E-state index >= 15 is 0 Å². The predicted octanol–water partition coefficient (Wildman–Crippen LogP) is 3.73. The van der Waals surface area contributed by atoms with Crippen molar-refractivity contribution in [3.05, 3.63) is 71.6 Å². The van der Waals surface area contributed by atoms with Gasteiger partial charge in [0.2, 0.25) is 0 Å². The van der Waals surface area contributed by atoms with E-state index in [1.807, 2.05) is 32.2 Å². The lowest BCUT2D eigenvalue weighted by Crippen LogP contribution is -2.40. The summed E-state index contributed by atoms with van der Waals surface area (Å²) in [5, 5.41) is 11.1. The third-order valence-corrected chi connectivity index (χ3v) is 5.60. The molecule has 1 N–H and O–H groups in total. The number of carbonyl (C=O) groups excluding carboxylic acids is 1. The van der Waals surface area contributed by atoms with E-state index in [-0.39, 0.29) is 5.97 Å². The number of aliphatic hydroxyl groups is 1. The van der Waals surface area contributed by atoms with Crippen LogP contribution in [-0.4, -0.2) is 57.9 Å². The van der Waals surface area contributed by atoms with Crippen LogP contribution < -0.4 is 0 Å². The Balaban J connectivity index is 1.48. The molecule has 0 amide bonds. The molecular formula is C25H29N3O3. The molecule has 0 unspecified atom stereocenters. The quantitative estimate of drug-likeness (QED) is 0.617. The van der Waals surface area contributed by atoms with Crippen LogP contribution in [0.3, 0.4) is 0 Å². The van der Waals surface area contributed by atoms with Gasteiger partial charge in [0.25, 0.3) is 0 Å². The number of ether oxygens (including phenoxy) is 1. The van der Waals surface area contributed by atoms with Crippen LogP contribution in [0.25, 0.3) is 16.6 Å². The first-order valence-electron chi connectivity index (χ1n) is 10.6. The number of esters is 1. The molecule has 0 aliphatic carbocycles. The lowest BCUT2D eigenvalue weighted by atomic mass is 9.99. The molecule has 1 aliphatic rings. The molecule has 0 bridgehead atoms. The Morgan fingerprint density at radius 2 is 2.00 bits per heavy atom. The first kappa shape index (κ1) is 21.3. The Kier molecular flexibility index (Phi) is 5.94. The normalized spacial score (nSPS) is 15.2. The van der Waals surface area contributed by atoms with Gasteiger partial charge in [0.1, 0.15) is 5.65 Å². The van der Waals surface area contributed by atoms with Crippen molar-refractivity contribution in [2.45, 2.75) is 32.4 Å². The van der Waals surface area contributed by atoms with E-state index in [9.17, 15) is 9.90 Å². The summed E-state index contributed by atoms with van der Waals surface area (Å²) in [6.45, 7) is 6.85. The van der Waals surface area contributed by atoms with Gasteiger partial charge in [-0.05, 0) is 61.2 Å². The fraction of sp³-hybridized carbons (Fsp3) is 0.360. The highest BCUT2D eigenvalue weighted by Gasteiger charge is 2.20. The number of benzene rings is 1. The summed E-state index contributed by atoms with van der Waals surface area (Å²) in [7, 11) is 1.39. The largest absolute Gasteiger partial charge is 0.465 e. The first-order chi connectivity index (χ1) is 14.8. The van der Waals surface area contributed by atoms with Gasteiger partial charge in [-0.1, -0.05) is 18.2 Å². The molecule has 1 aromatic carbocycles. The molecule has 0 radical (unpaired) electrons. The summed E-state index contributed by atoms with van der Waals surface area (Å²) in [5.74, 6) is -0.327. The van der Waals surface area contributed by atoms with Crippen LogP contribution in [0.15, 0.2) is 54.9 Å². The molecule has 0 spiro atoms. The highest BCUT2D eigenvalue weighted by Crippen LogP contribution is 2.26. The maximum absolute atomic E-state index is 11.6. The van der Waals surface area contributed by atoms with Crippen LogP contribution in [0.4, 0.5) is 0 Å². The number of nitrogens with zero attached hydrogens (tertiary/aromatic N) is 3. The van der Waals surface area contributed by atoms with Gasteiger partial charge in [-0.25, -0.2) is 9.78 Å². The van der Waals surface area contributed by atoms with Gasteiger partial charge in [-0.2, -0.15) is 0 Å². The molecule has 0 fully saturated rings. The van der Waals surface area contributed by atoms with Crippen molar-refractivity contribution >= 4 is 22.6 Å². The van der Waals surface area contributed by atoms with E-state index in [0.29, 0.717) is 18.7 Å². The molecule has 0 atom stereocenters. The molecule has 162 valence electrons. The molecule has 0 saturated heterocycles. The average Bonchev–Trinajstić information content (AvgIpc) is 3.15. The van der Waals surface area contributed by atoms with Crippen molar-refractivity contribution in [2.24, 2.45) is 0 Å². The lowest BCUT2D eigenvalue weighted by Gasteiger charge is -2.31. The summed E-state index contributed by atoms with van der Waals surface area (Å²) in [6, 6.07) is 11.8. The Bertz CT molecular complexity index is 1110. The number of carbonyl (C=O) groups is 1. The summed E-state index contributed by atoms with van der Waals surface area (Å²) in [6.07, 6.45) is 7.21. The molecule has 4 rings (SSSR count). The summed E-state index contributed by atoms with van der Waals surface area (Å²) >= 11 is 0. The molecular weight excluding hydrogens is 390 g/mol. The first-order valence-corrected chi connectivity index (χ1v) is 10.6. The summed E-state index contributed by atoms with van der Waals surface area (Å²) in [4.78, 5) is 18.6. The predicted molar refractivity (Wildman–Crippen MR) is 122 cm³/mol. The SMILES string of the molecule is COC(=O)c1ccc(Cn2ccc3cc(C4=CCN(CC(C)(C)O)CC4)cnc32)cc1. The zero-order chi connectivity index (χ0) is 22.0. The number of β-amino-alcohol motifs (C(OH)–C–C–N with tert-alkyl or cyclic N) is 1. The third-order valence-electron chi connectivity index (χ3n) is 5.60. The number of fused-ring (bicyclic) bond motifs is 1. The number of hydrogen-bond acceptors (Lipinski definition) is 5. The number of rotatable bonds is 6. The van der Waals surface area contributed by atoms with Gasteiger partial charge in [-0.15, -0.1) is 0 Å². The average molecular weight is 420 g/mol. The minimum absolute atomic E-state index is 0.327. The second-order valence-corrected chi connectivity index (χ2v) is 8.80. The second kappa shape index (κ2) is 8.65. The molecule has 1 aliphatic heterocycles. The molecule has 6 nitrogen and oxygen atoms in total. The van der Waals surface area contributed by atoms with Crippen molar-refractivity contribution in [1.29, 1.82) is 0 Å². The van der Waals surface area contributed by atoms with Crippen molar-refractivity contribution in [3.63, 3.8) is 0 Å². The van der Waals surface area contributed by atoms with Crippen molar-refractivity contribution < 1.29 is 14.6 Å². The zero-order valence-electron chi connectivity index (χ0n) is 18.3. The Morgan fingerprint density at radius 3 is 2.65 bits per heavy atom. The molecule has 2 aromatic heterocycles. The van der Waals surface area contributed by atoms with Gasteiger partial charge < -0.3 is 14.4 Å². The van der Waals surface area contributed by atoms with Gasteiger partial charge >= 0.3 is 5.97 Å². The maximum atomic E-state index is 11.6. The molecule has 31 heavy (non-hydrogen) atoms. The van der Waals surface area contributed by atoms with Crippen LogP contribution in [0, 0.1) is 0 Å².